The lowest BCUT2D eigenvalue weighted by Gasteiger charge is -2.16. The second kappa shape index (κ2) is 6.21. The van der Waals surface area contributed by atoms with Crippen LogP contribution in [0.5, 0.6) is 0 Å². The molecule has 0 radical (unpaired) electrons. The zero-order chi connectivity index (χ0) is 14.6. The minimum absolute atomic E-state index is 0.0327. The normalized spacial score (nSPS) is 11.9. The van der Waals surface area contributed by atoms with E-state index in [0.29, 0.717) is 12.3 Å². The summed E-state index contributed by atoms with van der Waals surface area (Å²) in [6.07, 6.45) is 1.53. The van der Waals surface area contributed by atoms with Crippen LogP contribution in [0.1, 0.15) is 16.9 Å². The van der Waals surface area contributed by atoms with Gasteiger partial charge in [-0.1, -0.05) is 24.3 Å². The highest BCUT2D eigenvalue weighted by atomic mass is 32.2. The van der Waals surface area contributed by atoms with E-state index in [0.717, 1.165) is 11.1 Å². The van der Waals surface area contributed by atoms with Crippen LogP contribution in [-0.2, 0) is 28.9 Å². The van der Waals surface area contributed by atoms with E-state index in [2.05, 4.69) is 0 Å². The van der Waals surface area contributed by atoms with Crippen molar-refractivity contribution in [1.29, 1.82) is 0 Å². The second-order valence-electron chi connectivity index (χ2n) is 4.61. The van der Waals surface area contributed by atoms with Gasteiger partial charge in [0.15, 0.2) is 0 Å². The maximum absolute atomic E-state index is 12.2. The van der Waals surface area contributed by atoms with Crippen molar-refractivity contribution in [1.82, 2.24) is 4.31 Å². The molecule has 0 bridgehead atoms. The molecule has 0 aliphatic rings. The van der Waals surface area contributed by atoms with Gasteiger partial charge in [0.1, 0.15) is 5.76 Å². The zero-order valence-electron chi connectivity index (χ0n) is 11.3. The first-order chi connectivity index (χ1) is 9.51. The number of benzene rings is 1. The second-order valence-corrected chi connectivity index (χ2v) is 6.69. The summed E-state index contributed by atoms with van der Waals surface area (Å²) in [5, 5.41) is 0. The van der Waals surface area contributed by atoms with Gasteiger partial charge in [-0.3, -0.25) is 0 Å². The minimum atomic E-state index is -3.37. The van der Waals surface area contributed by atoms with Crippen molar-refractivity contribution in [3.63, 3.8) is 0 Å². The average Bonchev–Trinajstić information content (AvgIpc) is 2.92. The van der Waals surface area contributed by atoms with Gasteiger partial charge in [-0.25, -0.2) is 8.42 Å². The molecule has 0 saturated heterocycles. The van der Waals surface area contributed by atoms with E-state index in [1.165, 1.54) is 10.6 Å². The van der Waals surface area contributed by atoms with E-state index in [1.807, 2.05) is 12.1 Å². The molecule has 2 aromatic rings. The minimum Gasteiger partial charge on any atom is -0.468 e. The molecule has 0 amide bonds. The Bertz CT molecular complexity index is 634. The third-order valence-electron chi connectivity index (χ3n) is 3.04. The van der Waals surface area contributed by atoms with Gasteiger partial charge in [-0.15, -0.1) is 0 Å². The van der Waals surface area contributed by atoms with Gasteiger partial charge in [0, 0.05) is 13.6 Å². The summed E-state index contributed by atoms with van der Waals surface area (Å²) in [7, 11) is -1.82. The molecule has 1 aromatic carbocycles. The molecule has 0 atom stereocenters. The van der Waals surface area contributed by atoms with Crippen LogP contribution in [0.4, 0.5) is 0 Å². The molecule has 0 spiro atoms. The lowest BCUT2D eigenvalue weighted by molar-refractivity contribution is 0.406. The number of hydrogen-bond donors (Lipinski definition) is 1. The van der Waals surface area contributed by atoms with E-state index >= 15 is 0 Å². The molecule has 20 heavy (non-hydrogen) atoms. The van der Waals surface area contributed by atoms with Crippen LogP contribution in [0.25, 0.3) is 0 Å². The SMILES string of the molecule is CN(Cc1ccco1)S(=O)(=O)Cc1ccc(CN)cc1. The topological polar surface area (TPSA) is 76.5 Å². The molecule has 2 N–H and O–H groups in total. The zero-order valence-corrected chi connectivity index (χ0v) is 12.1. The van der Waals surface area contributed by atoms with Gasteiger partial charge in [-0.05, 0) is 23.3 Å². The lowest BCUT2D eigenvalue weighted by atomic mass is 10.1. The summed E-state index contributed by atoms with van der Waals surface area (Å²) < 4.78 is 30.9. The average molecular weight is 294 g/mol. The predicted octanol–water partition coefficient (Wildman–Crippen LogP) is 1.70. The third-order valence-corrected chi connectivity index (χ3v) is 4.82. The van der Waals surface area contributed by atoms with Crippen LogP contribution in [0.15, 0.2) is 47.1 Å². The number of rotatable bonds is 6. The number of furan rings is 1. The molecule has 0 aliphatic carbocycles. The Hall–Kier alpha value is -1.63. The van der Waals surface area contributed by atoms with Crippen LogP contribution in [0.3, 0.4) is 0 Å². The molecule has 5 nitrogen and oxygen atoms in total. The maximum Gasteiger partial charge on any atom is 0.218 e. The van der Waals surface area contributed by atoms with Crippen LogP contribution < -0.4 is 5.73 Å². The molecular formula is C14H18N2O3S. The molecule has 2 rings (SSSR count). The van der Waals surface area contributed by atoms with Crippen molar-refractivity contribution in [3.8, 4) is 0 Å². The van der Waals surface area contributed by atoms with Crippen LogP contribution >= 0.6 is 0 Å². The Morgan fingerprint density at radius 3 is 2.35 bits per heavy atom. The number of hydrogen-bond acceptors (Lipinski definition) is 4. The van der Waals surface area contributed by atoms with Gasteiger partial charge in [0.05, 0.1) is 18.6 Å². The summed E-state index contributed by atoms with van der Waals surface area (Å²) in [6, 6.07) is 10.8. The van der Waals surface area contributed by atoms with Crippen molar-refractivity contribution in [2.75, 3.05) is 7.05 Å². The highest BCUT2D eigenvalue weighted by Gasteiger charge is 2.19. The van der Waals surface area contributed by atoms with Crippen molar-refractivity contribution in [2.45, 2.75) is 18.8 Å². The maximum atomic E-state index is 12.2. The highest BCUT2D eigenvalue weighted by molar-refractivity contribution is 7.88. The van der Waals surface area contributed by atoms with Crippen molar-refractivity contribution in [3.05, 3.63) is 59.5 Å². The summed E-state index contributed by atoms with van der Waals surface area (Å²) >= 11 is 0. The highest BCUT2D eigenvalue weighted by Crippen LogP contribution is 2.14. The van der Waals surface area contributed by atoms with Gasteiger partial charge in [0.25, 0.3) is 0 Å². The molecule has 1 aromatic heterocycles. The van der Waals surface area contributed by atoms with Gasteiger partial charge in [0.2, 0.25) is 10.0 Å². The molecule has 0 fully saturated rings. The van der Waals surface area contributed by atoms with Gasteiger partial charge < -0.3 is 10.2 Å². The fraction of sp³-hybridized carbons (Fsp3) is 0.286. The van der Waals surface area contributed by atoms with E-state index in [-0.39, 0.29) is 12.3 Å². The molecule has 0 unspecified atom stereocenters. The van der Waals surface area contributed by atoms with E-state index in [9.17, 15) is 8.42 Å². The fourth-order valence-corrected chi connectivity index (χ4v) is 2.97. The first kappa shape index (κ1) is 14.8. The van der Waals surface area contributed by atoms with Gasteiger partial charge in [-0.2, -0.15) is 4.31 Å². The molecule has 108 valence electrons. The Labute approximate surface area is 119 Å². The summed E-state index contributed by atoms with van der Waals surface area (Å²) in [5.41, 5.74) is 7.24. The Kier molecular flexibility index (Phi) is 4.59. The molecule has 6 heteroatoms. The number of nitrogens with two attached hydrogens (primary N) is 1. The number of nitrogens with zero attached hydrogens (tertiary/aromatic N) is 1. The summed E-state index contributed by atoms with van der Waals surface area (Å²) in [4.78, 5) is 0. The largest absolute Gasteiger partial charge is 0.468 e. The molecule has 0 saturated carbocycles. The van der Waals surface area contributed by atoms with Crippen LogP contribution in [0, 0.1) is 0 Å². The summed E-state index contributed by atoms with van der Waals surface area (Å²) in [5.74, 6) is 0.587. The quantitative estimate of drug-likeness (QED) is 0.879. The van der Waals surface area contributed by atoms with Crippen molar-refractivity contribution < 1.29 is 12.8 Å². The Morgan fingerprint density at radius 1 is 1.15 bits per heavy atom. The fourth-order valence-electron chi connectivity index (χ4n) is 1.81. The molecule has 1 heterocycles. The smallest absolute Gasteiger partial charge is 0.218 e. The summed E-state index contributed by atoms with van der Waals surface area (Å²) in [6.45, 7) is 0.682. The predicted molar refractivity (Wildman–Crippen MR) is 77.1 cm³/mol. The van der Waals surface area contributed by atoms with E-state index < -0.39 is 10.0 Å². The van der Waals surface area contributed by atoms with E-state index in [1.54, 1.807) is 31.3 Å². The number of sulfonamides is 1. The van der Waals surface area contributed by atoms with Crippen LogP contribution in [-0.4, -0.2) is 19.8 Å². The first-order valence-electron chi connectivity index (χ1n) is 6.25. The van der Waals surface area contributed by atoms with Crippen LogP contribution in [0.2, 0.25) is 0 Å². The standard InChI is InChI=1S/C14H18N2O3S/c1-16(10-14-3-2-8-19-14)20(17,18)11-13-6-4-12(9-15)5-7-13/h2-8H,9-11,15H2,1H3. The first-order valence-corrected chi connectivity index (χ1v) is 7.86. The Morgan fingerprint density at radius 2 is 1.80 bits per heavy atom. The molecular weight excluding hydrogens is 276 g/mol. The van der Waals surface area contributed by atoms with E-state index in [4.69, 9.17) is 10.2 Å². The van der Waals surface area contributed by atoms with Crippen molar-refractivity contribution in [2.24, 2.45) is 5.73 Å². The Balaban J connectivity index is 2.05. The third kappa shape index (κ3) is 3.69. The monoisotopic (exact) mass is 294 g/mol. The van der Waals surface area contributed by atoms with Gasteiger partial charge >= 0.3 is 0 Å². The molecule has 0 aliphatic heterocycles. The van der Waals surface area contributed by atoms with Crippen molar-refractivity contribution >= 4 is 10.0 Å². The lowest BCUT2D eigenvalue weighted by Crippen LogP contribution is -2.27.